The number of phenols is 1. The second-order valence-electron chi connectivity index (χ2n) is 5.44. The number of carbonyl (C=O) groups excluding carboxylic acids is 1. The van der Waals surface area contributed by atoms with Gasteiger partial charge in [0.05, 0.1) is 11.1 Å². The van der Waals surface area contributed by atoms with E-state index in [2.05, 4.69) is 15.9 Å². The van der Waals surface area contributed by atoms with Crippen LogP contribution in [0.15, 0.2) is 46.4 Å². The SMILES string of the molecule is CCOc1cc(/C=C2/CCc3ccccc3C2=O)cc(Br)c1O. The zero-order chi connectivity index (χ0) is 16.4. The first-order chi connectivity index (χ1) is 11.1. The molecule has 0 aliphatic heterocycles. The van der Waals surface area contributed by atoms with Gasteiger partial charge in [-0.05, 0) is 65.0 Å². The molecule has 2 aromatic rings. The number of halogens is 1. The molecule has 0 spiro atoms. The summed E-state index contributed by atoms with van der Waals surface area (Å²) in [6, 6.07) is 11.3. The molecule has 0 saturated heterocycles. The van der Waals surface area contributed by atoms with Crippen molar-refractivity contribution in [3.05, 3.63) is 63.1 Å². The number of hydrogen-bond donors (Lipinski definition) is 1. The number of hydrogen-bond acceptors (Lipinski definition) is 3. The van der Waals surface area contributed by atoms with Crippen LogP contribution < -0.4 is 4.74 Å². The summed E-state index contributed by atoms with van der Waals surface area (Å²) >= 11 is 3.33. The molecule has 1 aliphatic carbocycles. The van der Waals surface area contributed by atoms with Gasteiger partial charge >= 0.3 is 0 Å². The van der Waals surface area contributed by atoms with Crippen molar-refractivity contribution in [2.75, 3.05) is 6.61 Å². The van der Waals surface area contributed by atoms with Gasteiger partial charge < -0.3 is 9.84 Å². The Bertz CT molecular complexity index is 793. The molecule has 3 rings (SSSR count). The van der Waals surface area contributed by atoms with E-state index in [1.807, 2.05) is 37.3 Å². The van der Waals surface area contributed by atoms with Crippen molar-refractivity contribution in [3.8, 4) is 11.5 Å². The summed E-state index contributed by atoms with van der Waals surface area (Å²) in [6.07, 6.45) is 3.47. The second kappa shape index (κ2) is 6.59. The molecular weight excluding hydrogens is 356 g/mol. The van der Waals surface area contributed by atoms with Gasteiger partial charge in [0.2, 0.25) is 0 Å². The topological polar surface area (TPSA) is 46.5 Å². The molecule has 1 N–H and O–H groups in total. The van der Waals surface area contributed by atoms with Crippen molar-refractivity contribution >= 4 is 27.8 Å². The number of Topliss-reactive ketones (excluding diaryl/α,β-unsaturated/α-hetero) is 1. The molecule has 1 aliphatic rings. The standard InChI is InChI=1S/C19H17BrO3/c1-2-23-17-11-12(10-16(20)19(17)22)9-14-8-7-13-5-3-4-6-15(13)18(14)21/h3-6,9-11,22H,2,7-8H2,1H3/b14-9-. The predicted octanol–water partition coefficient (Wildman–Crippen LogP) is 4.77. The highest BCUT2D eigenvalue weighted by molar-refractivity contribution is 9.10. The molecule has 0 fully saturated rings. The molecule has 0 unspecified atom stereocenters. The van der Waals surface area contributed by atoms with E-state index in [1.165, 1.54) is 0 Å². The van der Waals surface area contributed by atoms with Gasteiger partial charge in [-0.3, -0.25) is 4.79 Å². The molecule has 0 bridgehead atoms. The van der Waals surface area contributed by atoms with Crippen molar-refractivity contribution in [1.82, 2.24) is 0 Å². The van der Waals surface area contributed by atoms with Crippen LogP contribution in [0.5, 0.6) is 11.5 Å². The number of fused-ring (bicyclic) bond motifs is 1. The number of aromatic hydroxyl groups is 1. The van der Waals surface area contributed by atoms with Crippen LogP contribution in [0, 0.1) is 0 Å². The highest BCUT2D eigenvalue weighted by atomic mass is 79.9. The molecule has 4 heteroatoms. The van der Waals surface area contributed by atoms with Crippen LogP contribution in [0.3, 0.4) is 0 Å². The fourth-order valence-corrected chi connectivity index (χ4v) is 3.26. The lowest BCUT2D eigenvalue weighted by atomic mass is 9.86. The highest BCUT2D eigenvalue weighted by Gasteiger charge is 2.21. The lowest BCUT2D eigenvalue weighted by molar-refractivity contribution is 0.102. The van der Waals surface area contributed by atoms with E-state index in [1.54, 1.807) is 12.1 Å². The number of benzene rings is 2. The molecule has 23 heavy (non-hydrogen) atoms. The monoisotopic (exact) mass is 372 g/mol. The Morgan fingerprint density at radius 3 is 2.83 bits per heavy atom. The van der Waals surface area contributed by atoms with E-state index in [0.29, 0.717) is 16.8 Å². The van der Waals surface area contributed by atoms with Crippen LogP contribution >= 0.6 is 15.9 Å². The molecule has 0 heterocycles. The molecule has 0 amide bonds. The molecule has 0 saturated carbocycles. The van der Waals surface area contributed by atoms with Gasteiger partial charge in [-0.2, -0.15) is 0 Å². The van der Waals surface area contributed by atoms with Gasteiger partial charge in [-0.25, -0.2) is 0 Å². The lowest BCUT2D eigenvalue weighted by Gasteiger charge is -2.17. The third kappa shape index (κ3) is 3.17. The number of phenolic OH excluding ortho intramolecular Hbond substituents is 1. The quantitative estimate of drug-likeness (QED) is 0.789. The highest BCUT2D eigenvalue weighted by Crippen LogP contribution is 2.37. The summed E-state index contributed by atoms with van der Waals surface area (Å²) in [7, 11) is 0. The fraction of sp³-hybridized carbons (Fsp3) is 0.211. The van der Waals surface area contributed by atoms with Crippen molar-refractivity contribution in [3.63, 3.8) is 0 Å². The van der Waals surface area contributed by atoms with E-state index in [0.717, 1.165) is 35.1 Å². The fourth-order valence-electron chi connectivity index (χ4n) is 2.80. The summed E-state index contributed by atoms with van der Waals surface area (Å²) < 4.78 is 5.99. The summed E-state index contributed by atoms with van der Waals surface area (Å²) in [5, 5.41) is 9.98. The third-order valence-corrected chi connectivity index (χ3v) is 4.51. The van der Waals surface area contributed by atoms with Crippen molar-refractivity contribution in [2.24, 2.45) is 0 Å². The van der Waals surface area contributed by atoms with Crippen molar-refractivity contribution < 1.29 is 14.6 Å². The van der Waals surface area contributed by atoms with Crippen molar-refractivity contribution in [1.29, 1.82) is 0 Å². The van der Waals surface area contributed by atoms with E-state index in [-0.39, 0.29) is 11.5 Å². The van der Waals surface area contributed by atoms with Crippen LogP contribution in [0.4, 0.5) is 0 Å². The van der Waals surface area contributed by atoms with Crippen LogP contribution in [-0.2, 0) is 6.42 Å². The maximum absolute atomic E-state index is 12.6. The van der Waals surface area contributed by atoms with E-state index in [9.17, 15) is 9.90 Å². The number of ether oxygens (including phenoxy) is 1. The van der Waals surface area contributed by atoms with Gasteiger partial charge in [0.1, 0.15) is 0 Å². The Labute approximate surface area is 143 Å². The maximum atomic E-state index is 12.6. The largest absolute Gasteiger partial charge is 0.503 e. The molecule has 118 valence electrons. The summed E-state index contributed by atoms with van der Waals surface area (Å²) in [6.45, 7) is 2.33. The van der Waals surface area contributed by atoms with Crippen molar-refractivity contribution in [2.45, 2.75) is 19.8 Å². The molecule has 0 aromatic heterocycles. The normalized spacial score (nSPS) is 15.6. The summed E-state index contributed by atoms with van der Waals surface area (Å²) in [5.41, 5.74) is 3.51. The van der Waals surface area contributed by atoms with Crippen LogP contribution in [0.25, 0.3) is 6.08 Å². The molecule has 0 radical (unpaired) electrons. The smallest absolute Gasteiger partial charge is 0.189 e. The minimum Gasteiger partial charge on any atom is -0.503 e. The number of allylic oxidation sites excluding steroid dienone is 1. The number of aryl methyl sites for hydroxylation is 1. The first kappa shape index (κ1) is 15.8. The van der Waals surface area contributed by atoms with Crippen LogP contribution in [-0.4, -0.2) is 17.5 Å². The molecule has 3 nitrogen and oxygen atoms in total. The van der Waals surface area contributed by atoms with Gasteiger partial charge in [0.25, 0.3) is 0 Å². The van der Waals surface area contributed by atoms with E-state index < -0.39 is 0 Å². The predicted molar refractivity (Wildman–Crippen MR) is 94.0 cm³/mol. The zero-order valence-electron chi connectivity index (χ0n) is 12.8. The Morgan fingerprint density at radius 1 is 1.26 bits per heavy atom. The number of rotatable bonds is 3. The van der Waals surface area contributed by atoms with E-state index in [4.69, 9.17) is 4.74 Å². The Hall–Kier alpha value is -2.07. The summed E-state index contributed by atoms with van der Waals surface area (Å²) in [4.78, 5) is 12.6. The Morgan fingerprint density at radius 2 is 2.04 bits per heavy atom. The Kier molecular flexibility index (Phi) is 4.53. The zero-order valence-corrected chi connectivity index (χ0v) is 14.4. The van der Waals surface area contributed by atoms with Crippen LogP contribution in [0.2, 0.25) is 0 Å². The first-order valence-corrected chi connectivity index (χ1v) is 8.38. The van der Waals surface area contributed by atoms with Gasteiger partial charge in [0.15, 0.2) is 17.3 Å². The molecular formula is C19H17BrO3. The number of carbonyl (C=O) groups is 1. The number of ketones is 1. The Balaban J connectivity index is 1.98. The minimum atomic E-state index is 0.0778. The average molecular weight is 373 g/mol. The van der Waals surface area contributed by atoms with Crippen LogP contribution in [0.1, 0.15) is 34.8 Å². The summed E-state index contributed by atoms with van der Waals surface area (Å²) in [5.74, 6) is 0.570. The second-order valence-corrected chi connectivity index (χ2v) is 6.29. The average Bonchev–Trinajstić information content (AvgIpc) is 2.55. The maximum Gasteiger partial charge on any atom is 0.189 e. The molecule has 2 aromatic carbocycles. The molecule has 0 atom stereocenters. The van der Waals surface area contributed by atoms with E-state index >= 15 is 0 Å². The first-order valence-electron chi connectivity index (χ1n) is 7.58. The van der Waals surface area contributed by atoms with Gasteiger partial charge in [0, 0.05) is 11.1 Å². The van der Waals surface area contributed by atoms with Gasteiger partial charge in [-0.15, -0.1) is 0 Å². The lowest BCUT2D eigenvalue weighted by Crippen LogP contribution is -2.13. The van der Waals surface area contributed by atoms with Gasteiger partial charge in [-0.1, -0.05) is 24.3 Å². The third-order valence-electron chi connectivity index (χ3n) is 3.91. The minimum absolute atomic E-state index is 0.0778.